The second-order valence-corrected chi connectivity index (χ2v) is 7.52. The highest BCUT2D eigenvalue weighted by Crippen LogP contribution is 2.34. The van der Waals surface area contributed by atoms with Crippen LogP contribution in [-0.2, 0) is 4.74 Å². The van der Waals surface area contributed by atoms with Crippen LogP contribution in [0.4, 0.5) is 0 Å². The molecule has 1 nitrogen and oxygen atoms in total. The van der Waals surface area contributed by atoms with Crippen LogP contribution >= 0.6 is 38.5 Å². The highest BCUT2D eigenvalue weighted by Gasteiger charge is 2.27. The van der Waals surface area contributed by atoms with Gasteiger partial charge in [0.1, 0.15) is 0 Å². The Hall–Kier alpha value is 0.390. The third-order valence-corrected chi connectivity index (χ3v) is 5.56. The number of rotatable bonds is 4. The number of benzene rings is 1. The molecule has 0 N–H and O–H groups in total. The monoisotopic (exact) mass is 436 g/mol. The third-order valence-electron chi connectivity index (χ3n) is 4.27. The summed E-state index contributed by atoms with van der Waals surface area (Å²) in [6, 6.07) is 8.51. The molecular formula is C16H22BrIO. The molecular weight excluding hydrogens is 415 g/mol. The van der Waals surface area contributed by atoms with E-state index in [2.05, 4.69) is 76.6 Å². The van der Waals surface area contributed by atoms with Gasteiger partial charge in [-0.15, -0.1) is 0 Å². The molecule has 4 unspecified atom stereocenters. The van der Waals surface area contributed by atoms with E-state index < -0.39 is 0 Å². The summed E-state index contributed by atoms with van der Waals surface area (Å²) in [6.07, 6.45) is 4.39. The van der Waals surface area contributed by atoms with Gasteiger partial charge in [0, 0.05) is 8.90 Å². The number of halogens is 2. The van der Waals surface area contributed by atoms with Crippen LogP contribution in [0.1, 0.15) is 44.8 Å². The fraction of sp³-hybridized carbons (Fsp3) is 0.625. The summed E-state index contributed by atoms with van der Waals surface area (Å²) in [5.74, 6) is 1.64. The average molecular weight is 437 g/mol. The van der Waals surface area contributed by atoms with E-state index in [-0.39, 0.29) is 6.10 Å². The Morgan fingerprint density at radius 3 is 2.74 bits per heavy atom. The molecule has 106 valence electrons. The van der Waals surface area contributed by atoms with Gasteiger partial charge in [0.15, 0.2) is 0 Å². The lowest BCUT2D eigenvalue weighted by Crippen LogP contribution is -2.28. The highest BCUT2D eigenvalue weighted by molar-refractivity contribution is 14.1. The summed E-state index contributed by atoms with van der Waals surface area (Å²) in [7, 11) is 0. The first-order valence-electron chi connectivity index (χ1n) is 7.07. The van der Waals surface area contributed by atoms with Gasteiger partial charge in [-0.2, -0.15) is 0 Å². The summed E-state index contributed by atoms with van der Waals surface area (Å²) >= 11 is 5.97. The number of hydrogen-bond donors (Lipinski definition) is 0. The van der Waals surface area contributed by atoms with E-state index in [1.165, 1.54) is 24.8 Å². The molecule has 0 heterocycles. The van der Waals surface area contributed by atoms with E-state index >= 15 is 0 Å². The molecule has 0 spiro atoms. The Morgan fingerprint density at radius 1 is 1.32 bits per heavy atom. The summed E-state index contributed by atoms with van der Waals surface area (Å²) < 4.78 is 8.51. The van der Waals surface area contributed by atoms with Crippen molar-refractivity contribution in [2.75, 3.05) is 4.43 Å². The van der Waals surface area contributed by atoms with Crippen LogP contribution in [-0.4, -0.2) is 10.5 Å². The molecule has 0 aromatic heterocycles. The first kappa shape index (κ1) is 15.8. The van der Waals surface area contributed by atoms with Gasteiger partial charge >= 0.3 is 0 Å². The topological polar surface area (TPSA) is 9.23 Å². The van der Waals surface area contributed by atoms with Crippen molar-refractivity contribution in [1.82, 2.24) is 0 Å². The van der Waals surface area contributed by atoms with Gasteiger partial charge < -0.3 is 4.74 Å². The number of alkyl halides is 1. The van der Waals surface area contributed by atoms with E-state index in [0.717, 1.165) is 20.7 Å². The average Bonchev–Trinajstić information content (AvgIpc) is 2.40. The molecule has 1 aromatic carbocycles. The zero-order valence-corrected chi connectivity index (χ0v) is 15.4. The maximum Gasteiger partial charge on any atom is 0.0918 e. The Kier molecular flexibility index (Phi) is 6.15. The molecule has 19 heavy (non-hydrogen) atoms. The molecule has 0 aliphatic heterocycles. The second-order valence-electron chi connectivity index (χ2n) is 5.72. The molecule has 3 heteroatoms. The van der Waals surface area contributed by atoms with Crippen LogP contribution in [0.5, 0.6) is 0 Å². The minimum absolute atomic E-state index is 0.226. The fourth-order valence-electron chi connectivity index (χ4n) is 2.76. The van der Waals surface area contributed by atoms with Crippen molar-refractivity contribution < 1.29 is 4.74 Å². The van der Waals surface area contributed by atoms with E-state index in [1.54, 1.807) is 0 Å². The summed E-state index contributed by atoms with van der Waals surface area (Å²) in [4.78, 5) is 0. The smallest absolute Gasteiger partial charge is 0.0918 e. The first-order chi connectivity index (χ1) is 9.10. The van der Waals surface area contributed by atoms with E-state index in [9.17, 15) is 0 Å². The van der Waals surface area contributed by atoms with Gasteiger partial charge in [-0.3, -0.25) is 0 Å². The lowest BCUT2D eigenvalue weighted by atomic mass is 9.80. The molecule has 2 rings (SSSR count). The molecule has 1 aliphatic carbocycles. The fourth-order valence-corrected chi connectivity index (χ4v) is 3.90. The van der Waals surface area contributed by atoms with Crippen LogP contribution in [0, 0.1) is 11.8 Å². The zero-order valence-electron chi connectivity index (χ0n) is 11.6. The van der Waals surface area contributed by atoms with Gasteiger partial charge in [-0.1, -0.05) is 64.5 Å². The molecule has 1 aliphatic rings. The van der Waals surface area contributed by atoms with E-state index in [1.807, 2.05) is 0 Å². The van der Waals surface area contributed by atoms with Crippen molar-refractivity contribution >= 4 is 38.5 Å². The van der Waals surface area contributed by atoms with Crippen molar-refractivity contribution in [1.29, 1.82) is 0 Å². The normalized spacial score (nSPS) is 29.2. The van der Waals surface area contributed by atoms with Gasteiger partial charge in [0.2, 0.25) is 0 Å². The Bertz CT molecular complexity index is 409. The predicted molar refractivity (Wildman–Crippen MR) is 92.8 cm³/mol. The first-order valence-corrected chi connectivity index (χ1v) is 9.39. The highest BCUT2D eigenvalue weighted by atomic mass is 127. The van der Waals surface area contributed by atoms with Crippen LogP contribution in [0.2, 0.25) is 0 Å². The maximum absolute atomic E-state index is 6.37. The molecule has 0 amide bonds. The van der Waals surface area contributed by atoms with Crippen LogP contribution in [0.3, 0.4) is 0 Å². The largest absolute Gasteiger partial charge is 0.369 e. The SMILES string of the molecule is CC1CCC(OC(CI)c2cccc(Br)c2)CC1C. The molecule has 0 bridgehead atoms. The van der Waals surface area contributed by atoms with Crippen LogP contribution in [0.15, 0.2) is 28.7 Å². The summed E-state index contributed by atoms with van der Waals surface area (Å²) in [5.41, 5.74) is 1.29. The number of ether oxygens (including phenoxy) is 1. The predicted octanol–water partition coefficient (Wildman–Crippen LogP) is 5.77. The Balaban J connectivity index is 1.99. The standard InChI is InChI=1S/C16H22BrIO/c1-11-6-7-15(8-12(11)2)19-16(10-18)13-4-3-5-14(17)9-13/h3-5,9,11-12,15-16H,6-8,10H2,1-2H3. The van der Waals surface area contributed by atoms with Crippen molar-refractivity contribution in [3.8, 4) is 0 Å². The van der Waals surface area contributed by atoms with Crippen LogP contribution < -0.4 is 0 Å². The van der Waals surface area contributed by atoms with Crippen molar-refractivity contribution in [3.63, 3.8) is 0 Å². The number of hydrogen-bond acceptors (Lipinski definition) is 1. The van der Waals surface area contributed by atoms with Gasteiger partial charge in [0.25, 0.3) is 0 Å². The molecule has 0 saturated heterocycles. The van der Waals surface area contributed by atoms with E-state index in [4.69, 9.17) is 4.74 Å². The summed E-state index contributed by atoms with van der Waals surface area (Å²) in [5, 5.41) is 0. The molecule has 1 fully saturated rings. The van der Waals surface area contributed by atoms with Crippen molar-refractivity contribution in [2.45, 2.75) is 45.3 Å². The van der Waals surface area contributed by atoms with Gasteiger partial charge in [-0.25, -0.2) is 0 Å². The zero-order chi connectivity index (χ0) is 13.8. The second kappa shape index (κ2) is 7.41. The van der Waals surface area contributed by atoms with Gasteiger partial charge in [0.05, 0.1) is 12.2 Å². The molecule has 1 saturated carbocycles. The van der Waals surface area contributed by atoms with E-state index in [0.29, 0.717) is 6.10 Å². The van der Waals surface area contributed by atoms with Gasteiger partial charge in [-0.05, 0) is 48.8 Å². The van der Waals surface area contributed by atoms with Crippen LogP contribution in [0.25, 0.3) is 0 Å². The van der Waals surface area contributed by atoms with Crippen molar-refractivity contribution in [3.05, 3.63) is 34.3 Å². The lowest BCUT2D eigenvalue weighted by Gasteiger charge is -2.34. The molecule has 1 aromatic rings. The molecule has 4 atom stereocenters. The molecule has 0 radical (unpaired) electrons. The lowest BCUT2D eigenvalue weighted by molar-refractivity contribution is -0.0377. The maximum atomic E-state index is 6.37. The van der Waals surface area contributed by atoms with Crippen molar-refractivity contribution in [2.24, 2.45) is 11.8 Å². The minimum atomic E-state index is 0.226. The quantitative estimate of drug-likeness (QED) is 0.430. The third kappa shape index (κ3) is 4.43. The Labute approximate surface area is 138 Å². The summed E-state index contributed by atoms with van der Waals surface area (Å²) in [6.45, 7) is 4.73. The minimum Gasteiger partial charge on any atom is -0.369 e. The Morgan fingerprint density at radius 2 is 2.11 bits per heavy atom.